The number of rotatable bonds is 5. The van der Waals surface area contributed by atoms with Crippen molar-refractivity contribution >= 4 is 0 Å². The van der Waals surface area contributed by atoms with Crippen LogP contribution in [0.25, 0.3) is 0 Å². The summed E-state index contributed by atoms with van der Waals surface area (Å²) in [5.41, 5.74) is 2.94. The van der Waals surface area contributed by atoms with Gasteiger partial charge in [-0.05, 0) is 59.7 Å². The first-order chi connectivity index (χ1) is 11.8. The first kappa shape index (κ1) is 16.5. The molecule has 0 spiro atoms. The largest absolute Gasteiger partial charge is 0.489 e. The highest BCUT2D eigenvalue weighted by molar-refractivity contribution is 5.32. The second-order valence-electron chi connectivity index (χ2n) is 6.44. The molecule has 1 aliphatic carbocycles. The maximum Gasteiger partial charge on any atom is 0.123 e. The van der Waals surface area contributed by atoms with Crippen molar-refractivity contribution in [3.05, 3.63) is 65.0 Å². The molecular formula is C21H22FNO. The summed E-state index contributed by atoms with van der Waals surface area (Å²) in [5, 5.41) is 8.86. The molecule has 0 heterocycles. The summed E-state index contributed by atoms with van der Waals surface area (Å²) in [6, 6.07) is 14.9. The van der Waals surface area contributed by atoms with Gasteiger partial charge in [-0.25, -0.2) is 4.39 Å². The SMILES string of the molecule is N#CCc1cc(F)ccc1COc1ccc(C2CCCCC2)cc1. The molecular weight excluding hydrogens is 301 g/mol. The highest BCUT2D eigenvalue weighted by Gasteiger charge is 2.15. The molecule has 1 aliphatic rings. The van der Waals surface area contributed by atoms with Crippen LogP contribution in [0.2, 0.25) is 0 Å². The molecule has 0 aliphatic heterocycles. The molecule has 0 radical (unpaired) electrons. The van der Waals surface area contributed by atoms with Crippen molar-refractivity contribution in [2.75, 3.05) is 0 Å². The Bertz CT molecular complexity index is 712. The molecule has 0 atom stereocenters. The van der Waals surface area contributed by atoms with Gasteiger partial charge in [0.15, 0.2) is 0 Å². The van der Waals surface area contributed by atoms with Crippen LogP contribution in [-0.2, 0) is 13.0 Å². The van der Waals surface area contributed by atoms with Gasteiger partial charge in [-0.2, -0.15) is 5.26 Å². The second kappa shape index (κ2) is 7.97. The van der Waals surface area contributed by atoms with E-state index in [-0.39, 0.29) is 12.2 Å². The van der Waals surface area contributed by atoms with E-state index in [1.54, 1.807) is 6.07 Å². The topological polar surface area (TPSA) is 33.0 Å². The first-order valence-corrected chi connectivity index (χ1v) is 8.63. The van der Waals surface area contributed by atoms with Crippen LogP contribution < -0.4 is 4.74 Å². The van der Waals surface area contributed by atoms with E-state index < -0.39 is 0 Å². The maximum absolute atomic E-state index is 13.3. The Morgan fingerprint density at radius 1 is 1.00 bits per heavy atom. The zero-order chi connectivity index (χ0) is 16.8. The molecule has 2 aromatic rings. The van der Waals surface area contributed by atoms with Gasteiger partial charge in [-0.1, -0.05) is 37.5 Å². The van der Waals surface area contributed by atoms with Gasteiger partial charge in [0.05, 0.1) is 12.5 Å². The summed E-state index contributed by atoms with van der Waals surface area (Å²) in [5.74, 6) is 1.18. The Kier molecular flexibility index (Phi) is 5.48. The van der Waals surface area contributed by atoms with Crippen LogP contribution in [0, 0.1) is 17.1 Å². The Morgan fingerprint density at radius 2 is 1.75 bits per heavy atom. The molecule has 0 bridgehead atoms. The van der Waals surface area contributed by atoms with E-state index in [1.165, 1.54) is 49.8 Å². The van der Waals surface area contributed by atoms with E-state index in [0.29, 0.717) is 18.1 Å². The fourth-order valence-electron chi connectivity index (χ4n) is 3.42. The van der Waals surface area contributed by atoms with E-state index in [9.17, 15) is 4.39 Å². The van der Waals surface area contributed by atoms with E-state index in [4.69, 9.17) is 10.00 Å². The van der Waals surface area contributed by atoms with Crippen molar-refractivity contribution in [3.8, 4) is 11.8 Å². The van der Waals surface area contributed by atoms with Crippen LogP contribution in [0.15, 0.2) is 42.5 Å². The number of benzene rings is 2. The minimum atomic E-state index is -0.319. The Labute approximate surface area is 142 Å². The van der Waals surface area contributed by atoms with Crippen molar-refractivity contribution in [2.24, 2.45) is 0 Å². The molecule has 0 unspecified atom stereocenters. The molecule has 0 N–H and O–H groups in total. The van der Waals surface area contributed by atoms with Crippen molar-refractivity contribution in [1.29, 1.82) is 5.26 Å². The normalized spacial score (nSPS) is 15.0. The monoisotopic (exact) mass is 323 g/mol. The van der Waals surface area contributed by atoms with Gasteiger partial charge in [0.2, 0.25) is 0 Å². The molecule has 3 heteroatoms. The summed E-state index contributed by atoms with van der Waals surface area (Å²) in [7, 11) is 0. The average molecular weight is 323 g/mol. The number of hydrogen-bond donors (Lipinski definition) is 0. The van der Waals surface area contributed by atoms with Crippen LogP contribution in [0.4, 0.5) is 4.39 Å². The molecule has 24 heavy (non-hydrogen) atoms. The Balaban J connectivity index is 1.63. The predicted molar refractivity (Wildman–Crippen MR) is 92.3 cm³/mol. The highest BCUT2D eigenvalue weighted by Crippen LogP contribution is 2.33. The zero-order valence-electron chi connectivity index (χ0n) is 13.8. The predicted octanol–water partition coefficient (Wildman–Crippen LogP) is 5.52. The summed E-state index contributed by atoms with van der Waals surface area (Å²) >= 11 is 0. The van der Waals surface area contributed by atoms with Gasteiger partial charge in [0.25, 0.3) is 0 Å². The van der Waals surface area contributed by atoms with E-state index in [0.717, 1.165) is 11.3 Å². The number of halogens is 1. The lowest BCUT2D eigenvalue weighted by Gasteiger charge is -2.22. The van der Waals surface area contributed by atoms with E-state index in [2.05, 4.69) is 18.2 Å². The molecule has 2 aromatic carbocycles. The van der Waals surface area contributed by atoms with Crippen LogP contribution in [-0.4, -0.2) is 0 Å². The Hall–Kier alpha value is -2.34. The Morgan fingerprint density at radius 3 is 2.46 bits per heavy atom. The average Bonchev–Trinajstić information content (AvgIpc) is 2.63. The lowest BCUT2D eigenvalue weighted by Crippen LogP contribution is -2.04. The van der Waals surface area contributed by atoms with E-state index >= 15 is 0 Å². The molecule has 3 rings (SSSR count). The number of ether oxygens (including phenoxy) is 1. The molecule has 0 amide bonds. The molecule has 124 valence electrons. The van der Waals surface area contributed by atoms with Crippen LogP contribution in [0.3, 0.4) is 0 Å². The van der Waals surface area contributed by atoms with Gasteiger partial charge < -0.3 is 4.74 Å². The van der Waals surface area contributed by atoms with Crippen molar-refractivity contribution in [1.82, 2.24) is 0 Å². The third kappa shape index (κ3) is 4.14. The van der Waals surface area contributed by atoms with Crippen LogP contribution >= 0.6 is 0 Å². The van der Waals surface area contributed by atoms with Crippen molar-refractivity contribution < 1.29 is 9.13 Å². The number of nitriles is 1. The third-order valence-electron chi connectivity index (χ3n) is 4.79. The second-order valence-corrected chi connectivity index (χ2v) is 6.44. The van der Waals surface area contributed by atoms with Crippen molar-refractivity contribution in [2.45, 2.75) is 51.0 Å². The van der Waals surface area contributed by atoms with Crippen LogP contribution in [0.1, 0.15) is 54.7 Å². The van der Waals surface area contributed by atoms with Gasteiger partial charge in [-0.3, -0.25) is 0 Å². The molecule has 0 saturated heterocycles. The van der Waals surface area contributed by atoms with E-state index in [1.807, 2.05) is 12.1 Å². The minimum absolute atomic E-state index is 0.192. The van der Waals surface area contributed by atoms with Crippen LogP contribution in [0.5, 0.6) is 5.75 Å². The third-order valence-corrected chi connectivity index (χ3v) is 4.79. The summed E-state index contributed by atoms with van der Waals surface area (Å²) in [6.07, 6.45) is 6.78. The summed E-state index contributed by atoms with van der Waals surface area (Å²) < 4.78 is 19.1. The van der Waals surface area contributed by atoms with Crippen molar-refractivity contribution in [3.63, 3.8) is 0 Å². The molecule has 1 fully saturated rings. The smallest absolute Gasteiger partial charge is 0.123 e. The molecule has 1 saturated carbocycles. The lowest BCUT2D eigenvalue weighted by molar-refractivity contribution is 0.305. The fraction of sp³-hybridized carbons (Fsp3) is 0.381. The van der Waals surface area contributed by atoms with Gasteiger partial charge >= 0.3 is 0 Å². The first-order valence-electron chi connectivity index (χ1n) is 8.63. The quantitative estimate of drug-likeness (QED) is 0.726. The summed E-state index contributed by atoms with van der Waals surface area (Å²) in [4.78, 5) is 0. The van der Waals surface area contributed by atoms with Gasteiger partial charge in [-0.15, -0.1) is 0 Å². The highest BCUT2D eigenvalue weighted by atomic mass is 19.1. The standard InChI is InChI=1S/C21H22FNO/c22-20-9-6-19(18(14-20)12-13-23)15-24-21-10-7-17(8-11-21)16-4-2-1-3-5-16/h6-11,14,16H,1-5,12,15H2. The fourth-order valence-corrected chi connectivity index (χ4v) is 3.42. The number of nitrogens with zero attached hydrogens (tertiary/aromatic N) is 1. The maximum atomic E-state index is 13.3. The minimum Gasteiger partial charge on any atom is -0.489 e. The lowest BCUT2D eigenvalue weighted by atomic mass is 9.84. The van der Waals surface area contributed by atoms with Gasteiger partial charge in [0, 0.05) is 0 Å². The molecule has 2 nitrogen and oxygen atoms in total. The summed E-state index contributed by atoms with van der Waals surface area (Å²) in [6.45, 7) is 0.347. The number of hydrogen-bond acceptors (Lipinski definition) is 2. The zero-order valence-corrected chi connectivity index (χ0v) is 13.8. The van der Waals surface area contributed by atoms with Gasteiger partial charge in [0.1, 0.15) is 18.2 Å². The molecule has 0 aromatic heterocycles.